The van der Waals surface area contributed by atoms with Crippen molar-refractivity contribution in [2.45, 2.75) is 43.7 Å². The molecule has 0 spiro atoms. The molecule has 2 fully saturated rings. The fourth-order valence-electron chi connectivity index (χ4n) is 2.44. The summed E-state index contributed by atoms with van der Waals surface area (Å²) in [4.78, 5) is 33.7. The van der Waals surface area contributed by atoms with Crippen molar-refractivity contribution in [3.8, 4) is 0 Å². The smallest absolute Gasteiger partial charge is 0.305 e. The highest BCUT2D eigenvalue weighted by Gasteiger charge is 2.47. The van der Waals surface area contributed by atoms with E-state index in [1.54, 1.807) is 0 Å². The number of alkyl halides is 2. The summed E-state index contributed by atoms with van der Waals surface area (Å²) in [5, 5.41) is 13.3. The Morgan fingerprint density at radius 1 is 1.21 bits per heavy atom. The van der Waals surface area contributed by atoms with Crippen molar-refractivity contribution in [2.24, 2.45) is 5.92 Å². The molecule has 106 valence electrons. The third-order valence-electron chi connectivity index (χ3n) is 3.39. The molecular formula is C11H14F2N2O4. The van der Waals surface area contributed by atoms with Gasteiger partial charge in [-0.15, -0.1) is 0 Å². The minimum absolute atomic E-state index is 0.160. The zero-order valence-electron chi connectivity index (χ0n) is 9.99. The lowest BCUT2D eigenvalue weighted by molar-refractivity contribution is -0.145. The predicted molar refractivity (Wildman–Crippen MR) is 58.4 cm³/mol. The van der Waals surface area contributed by atoms with Gasteiger partial charge in [0.25, 0.3) is 0 Å². The minimum Gasteiger partial charge on any atom is -0.481 e. The summed E-state index contributed by atoms with van der Waals surface area (Å²) in [6, 6.07) is -1.94. The lowest BCUT2D eigenvalue weighted by Crippen LogP contribution is -2.62. The van der Waals surface area contributed by atoms with Gasteiger partial charge in [-0.2, -0.15) is 0 Å². The summed E-state index contributed by atoms with van der Waals surface area (Å²) in [5.74, 6) is -5.25. The van der Waals surface area contributed by atoms with E-state index in [1.807, 2.05) is 0 Å². The summed E-state index contributed by atoms with van der Waals surface area (Å²) in [5.41, 5.74) is 0. The van der Waals surface area contributed by atoms with Crippen LogP contribution in [-0.4, -0.2) is 40.9 Å². The van der Waals surface area contributed by atoms with Crippen molar-refractivity contribution in [3.05, 3.63) is 0 Å². The predicted octanol–water partition coefficient (Wildman–Crippen LogP) is -0.120. The molecule has 0 aromatic carbocycles. The molecule has 2 aliphatic rings. The number of nitrogens with one attached hydrogen (secondary N) is 2. The second kappa shape index (κ2) is 4.75. The Morgan fingerprint density at radius 2 is 1.74 bits per heavy atom. The Bertz CT molecular complexity index is 419. The van der Waals surface area contributed by atoms with Gasteiger partial charge in [0.05, 0.1) is 6.42 Å². The van der Waals surface area contributed by atoms with Crippen LogP contribution < -0.4 is 10.6 Å². The van der Waals surface area contributed by atoms with Gasteiger partial charge in [0.1, 0.15) is 12.1 Å². The first-order chi connectivity index (χ1) is 8.77. The summed E-state index contributed by atoms with van der Waals surface area (Å²) in [7, 11) is 0. The van der Waals surface area contributed by atoms with Crippen LogP contribution in [0.15, 0.2) is 0 Å². The summed E-state index contributed by atoms with van der Waals surface area (Å²) in [6.07, 6.45) is -0.880. The number of aliphatic carboxylic acids is 1. The van der Waals surface area contributed by atoms with Gasteiger partial charge in [-0.05, 0) is 12.3 Å². The third-order valence-corrected chi connectivity index (χ3v) is 3.39. The largest absolute Gasteiger partial charge is 0.481 e. The average molecular weight is 276 g/mol. The van der Waals surface area contributed by atoms with Crippen LogP contribution >= 0.6 is 0 Å². The Morgan fingerprint density at radius 3 is 2.26 bits per heavy atom. The van der Waals surface area contributed by atoms with Crippen LogP contribution in [0.4, 0.5) is 8.78 Å². The van der Waals surface area contributed by atoms with Gasteiger partial charge in [-0.3, -0.25) is 14.4 Å². The first-order valence-electron chi connectivity index (χ1n) is 5.97. The Kier molecular flexibility index (Phi) is 3.42. The second-order valence-corrected chi connectivity index (χ2v) is 5.09. The van der Waals surface area contributed by atoms with E-state index in [0.29, 0.717) is 0 Å². The lowest BCUT2D eigenvalue weighted by Gasteiger charge is -2.38. The molecule has 2 atom stereocenters. The van der Waals surface area contributed by atoms with E-state index in [2.05, 4.69) is 10.6 Å². The van der Waals surface area contributed by atoms with E-state index < -0.39 is 42.2 Å². The fourth-order valence-corrected chi connectivity index (χ4v) is 2.44. The zero-order valence-corrected chi connectivity index (χ0v) is 9.99. The molecule has 1 saturated heterocycles. The van der Waals surface area contributed by atoms with Crippen molar-refractivity contribution < 1.29 is 28.3 Å². The van der Waals surface area contributed by atoms with Crippen molar-refractivity contribution in [1.82, 2.24) is 10.6 Å². The molecule has 1 unspecified atom stereocenters. The highest BCUT2D eigenvalue weighted by atomic mass is 19.3. The maximum atomic E-state index is 12.7. The summed E-state index contributed by atoms with van der Waals surface area (Å²) < 4.78 is 25.3. The monoisotopic (exact) mass is 276 g/mol. The molecule has 2 amide bonds. The lowest BCUT2D eigenvalue weighted by atomic mass is 9.77. The molecule has 1 saturated carbocycles. The van der Waals surface area contributed by atoms with Crippen LogP contribution in [0.5, 0.6) is 0 Å². The molecule has 0 aromatic heterocycles. The van der Waals surface area contributed by atoms with Crippen molar-refractivity contribution in [2.75, 3.05) is 0 Å². The molecule has 8 heteroatoms. The SMILES string of the molecule is O=C(O)C[C@@H]1NC(=O)C(CC2CC(F)(F)C2)NC1=O. The highest BCUT2D eigenvalue weighted by Crippen LogP contribution is 2.44. The minimum atomic E-state index is -2.66. The summed E-state index contributed by atoms with van der Waals surface area (Å²) in [6.45, 7) is 0. The molecule has 6 nitrogen and oxygen atoms in total. The standard InChI is InChI=1S/C11H14F2N2O4/c12-11(13)3-5(4-11)1-6-9(18)15-7(2-8(16)17)10(19)14-6/h5-7H,1-4H2,(H,14,19)(H,15,18)(H,16,17)/t6?,7-/m0/s1. The first kappa shape index (κ1) is 13.7. The third kappa shape index (κ3) is 3.18. The molecule has 0 bridgehead atoms. The number of carbonyl (C=O) groups excluding carboxylic acids is 2. The quantitative estimate of drug-likeness (QED) is 0.667. The average Bonchev–Trinajstić information content (AvgIpc) is 2.22. The highest BCUT2D eigenvalue weighted by molar-refractivity contribution is 5.98. The molecule has 1 aliphatic heterocycles. The number of carboxylic acids is 1. The Labute approximate surface area is 107 Å². The Balaban J connectivity index is 1.86. The van der Waals surface area contributed by atoms with Crippen LogP contribution in [0, 0.1) is 5.92 Å². The molecular weight excluding hydrogens is 262 g/mol. The van der Waals surface area contributed by atoms with Gasteiger partial charge in [0.15, 0.2) is 0 Å². The number of halogens is 2. The van der Waals surface area contributed by atoms with E-state index in [9.17, 15) is 23.2 Å². The van der Waals surface area contributed by atoms with Gasteiger partial charge in [-0.1, -0.05) is 0 Å². The van der Waals surface area contributed by atoms with E-state index >= 15 is 0 Å². The molecule has 0 aromatic rings. The molecule has 2 rings (SSSR count). The molecule has 1 aliphatic carbocycles. The van der Waals surface area contributed by atoms with Crippen LogP contribution in [0.2, 0.25) is 0 Å². The van der Waals surface area contributed by atoms with Crippen molar-refractivity contribution in [3.63, 3.8) is 0 Å². The maximum absolute atomic E-state index is 12.7. The number of carboxylic acid groups (broad SMARTS) is 1. The summed E-state index contributed by atoms with van der Waals surface area (Å²) >= 11 is 0. The van der Waals surface area contributed by atoms with Gasteiger partial charge in [0.2, 0.25) is 17.7 Å². The number of hydrogen-bond donors (Lipinski definition) is 3. The number of piperazine rings is 1. The molecule has 0 radical (unpaired) electrons. The number of amides is 2. The number of rotatable bonds is 4. The van der Waals surface area contributed by atoms with Crippen LogP contribution in [-0.2, 0) is 14.4 Å². The topological polar surface area (TPSA) is 95.5 Å². The molecule has 19 heavy (non-hydrogen) atoms. The number of hydrogen-bond acceptors (Lipinski definition) is 3. The molecule has 1 heterocycles. The van der Waals surface area contributed by atoms with Crippen molar-refractivity contribution >= 4 is 17.8 Å². The zero-order chi connectivity index (χ0) is 14.2. The van der Waals surface area contributed by atoms with Crippen molar-refractivity contribution in [1.29, 1.82) is 0 Å². The van der Waals surface area contributed by atoms with Gasteiger partial charge >= 0.3 is 5.97 Å². The van der Waals surface area contributed by atoms with Crippen LogP contribution in [0.3, 0.4) is 0 Å². The van der Waals surface area contributed by atoms with Gasteiger partial charge in [0, 0.05) is 12.8 Å². The second-order valence-electron chi connectivity index (χ2n) is 5.09. The van der Waals surface area contributed by atoms with Crippen LogP contribution in [0.1, 0.15) is 25.7 Å². The van der Waals surface area contributed by atoms with Gasteiger partial charge < -0.3 is 15.7 Å². The normalized spacial score (nSPS) is 30.2. The van der Waals surface area contributed by atoms with E-state index in [1.165, 1.54) is 0 Å². The van der Waals surface area contributed by atoms with E-state index in [4.69, 9.17) is 5.11 Å². The van der Waals surface area contributed by atoms with Gasteiger partial charge in [-0.25, -0.2) is 8.78 Å². The number of carbonyl (C=O) groups is 3. The fraction of sp³-hybridized carbons (Fsp3) is 0.727. The first-order valence-corrected chi connectivity index (χ1v) is 5.97. The maximum Gasteiger partial charge on any atom is 0.305 e. The Hall–Kier alpha value is -1.73. The van der Waals surface area contributed by atoms with E-state index in [-0.39, 0.29) is 25.2 Å². The molecule has 3 N–H and O–H groups in total. The van der Waals surface area contributed by atoms with E-state index in [0.717, 1.165) is 0 Å². The van der Waals surface area contributed by atoms with Crippen LogP contribution in [0.25, 0.3) is 0 Å².